The topological polar surface area (TPSA) is 89.8 Å². The summed E-state index contributed by atoms with van der Waals surface area (Å²) in [7, 11) is 0. The molecule has 1 atom stereocenters. The number of anilines is 1. The molecule has 0 saturated heterocycles. The molecule has 0 bridgehead atoms. The third-order valence-corrected chi connectivity index (χ3v) is 5.82. The number of nitrogens with zero attached hydrogens (tertiary/aromatic N) is 2. The van der Waals surface area contributed by atoms with Gasteiger partial charge in [-0.3, -0.25) is 14.9 Å². The minimum atomic E-state index is -0.882. The van der Waals surface area contributed by atoms with E-state index in [0.29, 0.717) is 11.8 Å². The Bertz CT molecular complexity index is 936. The number of nitro benzene ring substituents is 1. The van der Waals surface area contributed by atoms with Crippen molar-refractivity contribution in [2.24, 2.45) is 0 Å². The zero-order valence-electron chi connectivity index (χ0n) is 15.0. The molecule has 1 aliphatic rings. The number of benzene rings is 2. The summed E-state index contributed by atoms with van der Waals surface area (Å²) in [6.07, 6.45) is 0.801. The highest BCUT2D eigenvalue weighted by Crippen LogP contribution is 2.37. The molecule has 0 aliphatic carbocycles. The lowest BCUT2D eigenvalue weighted by molar-refractivity contribution is -0.384. The summed E-state index contributed by atoms with van der Waals surface area (Å²) in [6.45, 7) is 2.13. The minimum absolute atomic E-state index is 0.0217. The van der Waals surface area contributed by atoms with Crippen LogP contribution < -0.4 is 4.90 Å². The lowest BCUT2D eigenvalue weighted by atomic mass is 10.2. The number of esters is 1. The first-order chi connectivity index (χ1) is 13.4. The van der Waals surface area contributed by atoms with Gasteiger partial charge in [-0.15, -0.1) is 11.8 Å². The number of fused-ring (bicyclic) bond motifs is 1. The molecule has 2 aromatic carbocycles. The van der Waals surface area contributed by atoms with Crippen molar-refractivity contribution >= 4 is 46.6 Å². The van der Waals surface area contributed by atoms with E-state index in [-0.39, 0.29) is 22.2 Å². The van der Waals surface area contributed by atoms with Crippen LogP contribution in [0.3, 0.4) is 0 Å². The van der Waals surface area contributed by atoms with Crippen molar-refractivity contribution in [2.75, 3.05) is 18.1 Å². The number of halogens is 1. The lowest BCUT2D eigenvalue weighted by Gasteiger charge is -2.22. The standard InChI is InChI=1S/C19H17ClN2O5S/c1-12-8-9-21(16-4-2-3-5-17(16)28-12)18(23)11-27-19(24)14-10-13(22(25)26)6-7-15(14)20/h2-7,10,12H,8-9,11H2,1H3. The average molecular weight is 421 g/mol. The zero-order valence-corrected chi connectivity index (χ0v) is 16.5. The number of carbonyl (C=O) groups excluding carboxylic acids is 2. The molecule has 0 saturated carbocycles. The van der Waals surface area contributed by atoms with E-state index in [1.807, 2.05) is 24.3 Å². The van der Waals surface area contributed by atoms with E-state index in [1.54, 1.807) is 16.7 Å². The predicted octanol–water partition coefficient (Wildman–Crippen LogP) is 4.32. The van der Waals surface area contributed by atoms with Gasteiger partial charge in [-0.2, -0.15) is 0 Å². The Balaban J connectivity index is 1.73. The van der Waals surface area contributed by atoms with Gasteiger partial charge in [0.05, 0.1) is 21.2 Å². The summed E-state index contributed by atoms with van der Waals surface area (Å²) in [5.74, 6) is -1.25. The Morgan fingerprint density at radius 2 is 2.07 bits per heavy atom. The van der Waals surface area contributed by atoms with Gasteiger partial charge in [0.25, 0.3) is 11.6 Å². The number of para-hydroxylation sites is 1. The fourth-order valence-corrected chi connectivity index (χ4v) is 4.12. The van der Waals surface area contributed by atoms with E-state index >= 15 is 0 Å². The number of carbonyl (C=O) groups is 2. The molecule has 3 rings (SSSR count). The van der Waals surface area contributed by atoms with Crippen molar-refractivity contribution in [1.29, 1.82) is 0 Å². The highest BCUT2D eigenvalue weighted by molar-refractivity contribution is 8.00. The van der Waals surface area contributed by atoms with Crippen LogP contribution in [-0.2, 0) is 9.53 Å². The molecule has 2 aromatic rings. The van der Waals surface area contributed by atoms with Crippen LogP contribution in [0.15, 0.2) is 47.4 Å². The summed E-state index contributed by atoms with van der Waals surface area (Å²) in [6, 6.07) is 11.1. The summed E-state index contributed by atoms with van der Waals surface area (Å²) in [5, 5.41) is 11.3. The number of rotatable bonds is 4. The van der Waals surface area contributed by atoms with Crippen LogP contribution in [0.1, 0.15) is 23.7 Å². The maximum atomic E-state index is 12.7. The van der Waals surface area contributed by atoms with Gasteiger partial charge in [-0.1, -0.05) is 30.7 Å². The second-order valence-corrected chi connectivity index (χ2v) is 8.12. The number of nitro groups is 1. The molecule has 28 heavy (non-hydrogen) atoms. The number of thioether (sulfide) groups is 1. The molecule has 7 nitrogen and oxygen atoms in total. The third kappa shape index (κ3) is 4.45. The quantitative estimate of drug-likeness (QED) is 0.415. The van der Waals surface area contributed by atoms with Crippen molar-refractivity contribution in [3.05, 3.63) is 63.2 Å². The molecule has 0 fully saturated rings. The van der Waals surface area contributed by atoms with Crippen LogP contribution in [0.2, 0.25) is 5.02 Å². The van der Waals surface area contributed by atoms with E-state index in [0.717, 1.165) is 23.1 Å². The molecule has 1 aliphatic heterocycles. The Morgan fingerprint density at radius 1 is 1.32 bits per heavy atom. The van der Waals surface area contributed by atoms with Gasteiger partial charge < -0.3 is 9.64 Å². The molecule has 1 amide bonds. The number of hydrogen-bond acceptors (Lipinski definition) is 6. The Labute approximate surface area is 170 Å². The van der Waals surface area contributed by atoms with E-state index in [1.165, 1.54) is 12.1 Å². The van der Waals surface area contributed by atoms with E-state index < -0.39 is 17.5 Å². The predicted molar refractivity (Wildman–Crippen MR) is 107 cm³/mol. The molecule has 0 spiro atoms. The summed E-state index contributed by atoms with van der Waals surface area (Å²) >= 11 is 7.64. The van der Waals surface area contributed by atoms with Gasteiger partial charge >= 0.3 is 5.97 Å². The Hall–Kier alpha value is -2.58. The molecule has 0 N–H and O–H groups in total. The number of hydrogen-bond donors (Lipinski definition) is 0. The summed E-state index contributed by atoms with van der Waals surface area (Å²) in [5.41, 5.74) is 0.352. The molecular formula is C19H17ClN2O5S. The highest BCUT2D eigenvalue weighted by Gasteiger charge is 2.25. The van der Waals surface area contributed by atoms with Gasteiger partial charge in [-0.05, 0) is 24.6 Å². The smallest absolute Gasteiger partial charge is 0.340 e. The normalized spacial score (nSPS) is 16.1. The fourth-order valence-electron chi connectivity index (χ4n) is 2.81. The molecular weight excluding hydrogens is 404 g/mol. The van der Waals surface area contributed by atoms with Gasteiger partial charge in [0, 0.05) is 28.8 Å². The second-order valence-electron chi connectivity index (χ2n) is 6.23. The van der Waals surface area contributed by atoms with E-state index in [2.05, 4.69) is 6.92 Å². The maximum absolute atomic E-state index is 12.7. The van der Waals surface area contributed by atoms with Gasteiger partial charge in [-0.25, -0.2) is 4.79 Å². The van der Waals surface area contributed by atoms with Gasteiger partial charge in [0.1, 0.15) is 0 Å². The van der Waals surface area contributed by atoms with Crippen molar-refractivity contribution in [3.63, 3.8) is 0 Å². The zero-order chi connectivity index (χ0) is 20.3. The van der Waals surface area contributed by atoms with Crippen LogP contribution in [0, 0.1) is 10.1 Å². The van der Waals surface area contributed by atoms with Crippen molar-refractivity contribution in [3.8, 4) is 0 Å². The van der Waals surface area contributed by atoms with E-state index in [9.17, 15) is 19.7 Å². The average Bonchev–Trinajstić information content (AvgIpc) is 2.84. The summed E-state index contributed by atoms with van der Waals surface area (Å²) in [4.78, 5) is 37.9. The van der Waals surface area contributed by atoms with Crippen LogP contribution in [0.5, 0.6) is 0 Å². The van der Waals surface area contributed by atoms with Crippen LogP contribution in [0.25, 0.3) is 0 Å². The SMILES string of the molecule is CC1CCN(C(=O)COC(=O)c2cc([N+](=O)[O-])ccc2Cl)c2ccccc2S1. The molecule has 1 heterocycles. The van der Waals surface area contributed by atoms with Crippen molar-refractivity contribution in [1.82, 2.24) is 0 Å². The van der Waals surface area contributed by atoms with Gasteiger partial charge in [0.2, 0.25) is 0 Å². The number of ether oxygens (including phenoxy) is 1. The molecule has 9 heteroatoms. The van der Waals surface area contributed by atoms with Crippen LogP contribution >= 0.6 is 23.4 Å². The maximum Gasteiger partial charge on any atom is 0.340 e. The molecule has 0 aromatic heterocycles. The Kier molecular flexibility index (Phi) is 6.21. The van der Waals surface area contributed by atoms with E-state index in [4.69, 9.17) is 16.3 Å². The largest absolute Gasteiger partial charge is 0.452 e. The monoisotopic (exact) mass is 420 g/mol. The van der Waals surface area contributed by atoms with Crippen molar-refractivity contribution in [2.45, 2.75) is 23.5 Å². The first-order valence-corrected chi connectivity index (χ1v) is 9.79. The summed E-state index contributed by atoms with van der Waals surface area (Å²) < 4.78 is 5.10. The van der Waals surface area contributed by atoms with Gasteiger partial charge in [0.15, 0.2) is 6.61 Å². The highest BCUT2D eigenvalue weighted by atomic mass is 35.5. The lowest BCUT2D eigenvalue weighted by Crippen LogP contribution is -2.35. The fraction of sp³-hybridized carbons (Fsp3) is 0.263. The molecule has 1 unspecified atom stereocenters. The minimum Gasteiger partial charge on any atom is -0.452 e. The number of amides is 1. The van der Waals surface area contributed by atoms with Crippen molar-refractivity contribution < 1.29 is 19.2 Å². The van der Waals surface area contributed by atoms with Crippen LogP contribution in [-0.4, -0.2) is 35.2 Å². The molecule has 146 valence electrons. The first kappa shape index (κ1) is 20.2. The molecule has 0 radical (unpaired) electrons. The Morgan fingerprint density at radius 3 is 2.82 bits per heavy atom. The second kappa shape index (κ2) is 8.62. The third-order valence-electron chi connectivity index (χ3n) is 4.25. The number of non-ortho nitro benzene ring substituents is 1. The van der Waals surface area contributed by atoms with Crippen LogP contribution in [0.4, 0.5) is 11.4 Å². The first-order valence-electron chi connectivity index (χ1n) is 8.54.